The van der Waals surface area contributed by atoms with Crippen LogP contribution in [0.1, 0.15) is 19.3 Å². The molecular weight excluding hydrogens is 180 g/mol. The van der Waals surface area contributed by atoms with Gasteiger partial charge in [0.25, 0.3) is 0 Å². The van der Waals surface area contributed by atoms with E-state index in [2.05, 4.69) is 29.5 Å². The largest absolute Gasteiger partial charge is 0.409 e. The molecule has 0 saturated carbocycles. The SMILES string of the molecule is CN(C)CCNCCCCC(N)=NO. The number of hydrogen-bond donors (Lipinski definition) is 3. The zero-order chi connectivity index (χ0) is 10.8. The molecule has 0 aliphatic rings. The summed E-state index contributed by atoms with van der Waals surface area (Å²) in [5, 5.41) is 14.5. The van der Waals surface area contributed by atoms with Crippen LogP contribution in [-0.4, -0.2) is 49.7 Å². The lowest BCUT2D eigenvalue weighted by molar-refractivity contribution is 0.316. The van der Waals surface area contributed by atoms with Gasteiger partial charge in [-0.05, 0) is 33.5 Å². The summed E-state index contributed by atoms with van der Waals surface area (Å²) >= 11 is 0. The van der Waals surface area contributed by atoms with Gasteiger partial charge in [0.2, 0.25) is 0 Å². The van der Waals surface area contributed by atoms with Gasteiger partial charge in [0.15, 0.2) is 0 Å². The Hall–Kier alpha value is -0.810. The van der Waals surface area contributed by atoms with E-state index in [9.17, 15) is 0 Å². The van der Waals surface area contributed by atoms with Crippen LogP contribution in [0.4, 0.5) is 0 Å². The van der Waals surface area contributed by atoms with Crippen LogP contribution < -0.4 is 11.1 Å². The first-order valence-corrected chi connectivity index (χ1v) is 4.98. The van der Waals surface area contributed by atoms with Gasteiger partial charge in [-0.25, -0.2) is 0 Å². The minimum Gasteiger partial charge on any atom is -0.409 e. The minimum atomic E-state index is 0.318. The highest BCUT2D eigenvalue weighted by Crippen LogP contribution is 1.93. The fourth-order valence-corrected chi connectivity index (χ4v) is 1.03. The van der Waals surface area contributed by atoms with E-state index in [-0.39, 0.29) is 0 Å². The van der Waals surface area contributed by atoms with E-state index >= 15 is 0 Å². The number of nitrogens with one attached hydrogen (secondary N) is 1. The summed E-state index contributed by atoms with van der Waals surface area (Å²) in [4.78, 5) is 2.14. The van der Waals surface area contributed by atoms with E-state index in [0.717, 1.165) is 32.5 Å². The van der Waals surface area contributed by atoms with Gasteiger partial charge in [0.05, 0.1) is 0 Å². The van der Waals surface area contributed by atoms with E-state index in [1.54, 1.807) is 0 Å². The van der Waals surface area contributed by atoms with Gasteiger partial charge in [-0.1, -0.05) is 5.16 Å². The van der Waals surface area contributed by atoms with E-state index in [1.165, 1.54) is 0 Å². The van der Waals surface area contributed by atoms with Gasteiger partial charge in [-0.3, -0.25) is 0 Å². The molecule has 0 radical (unpaired) electrons. The summed E-state index contributed by atoms with van der Waals surface area (Å²) in [5.41, 5.74) is 5.33. The Morgan fingerprint density at radius 1 is 1.36 bits per heavy atom. The van der Waals surface area contributed by atoms with Gasteiger partial charge in [0.1, 0.15) is 5.84 Å². The van der Waals surface area contributed by atoms with Crippen LogP contribution in [0.3, 0.4) is 0 Å². The second-order valence-electron chi connectivity index (χ2n) is 3.60. The Bertz CT molecular complexity index is 159. The van der Waals surface area contributed by atoms with Gasteiger partial charge in [-0.15, -0.1) is 0 Å². The molecule has 0 rings (SSSR count). The number of nitrogens with zero attached hydrogens (tertiary/aromatic N) is 2. The molecule has 5 nitrogen and oxygen atoms in total. The Labute approximate surface area is 86.0 Å². The smallest absolute Gasteiger partial charge is 0.139 e. The molecule has 14 heavy (non-hydrogen) atoms. The third kappa shape index (κ3) is 9.28. The van der Waals surface area contributed by atoms with Crippen molar-refractivity contribution in [2.24, 2.45) is 10.9 Å². The maximum absolute atomic E-state index is 8.28. The van der Waals surface area contributed by atoms with Gasteiger partial charge in [0, 0.05) is 19.5 Å². The number of oxime groups is 1. The number of nitrogens with two attached hydrogens (primary N) is 1. The van der Waals surface area contributed by atoms with Crippen molar-refractivity contribution in [3.63, 3.8) is 0 Å². The number of hydrogen-bond acceptors (Lipinski definition) is 4. The van der Waals surface area contributed by atoms with Crippen molar-refractivity contribution in [3.8, 4) is 0 Å². The van der Waals surface area contributed by atoms with Crippen LogP contribution in [0.25, 0.3) is 0 Å². The molecule has 0 spiro atoms. The van der Waals surface area contributed by atoms with E-state index in [1.807, 2.05) is 0 Å². The molecule has 4 N–H and O–H groups in total. The number of unbranched alkanes of at least 4 members (excludes halogenated alkanes) is 1. The van der Waals surface area contributed by atoms with Crippen molar-refractivity contribution in [3.05, 3.63) is 0 Å². The third-order valence-corrected chi connectivity index (χ3v) is 1.90. The number of likely N-dealkylation sites (N-methyl/N-ethyl adjacent to an activating group) is 1. The molecule has 0 bridgehead atoms. The molecule has 84 valence electrons. The normalized spacial score (nSPS) is 12.4. The van der Waals surface area contributed by atoms with Gasteiger partial charge >= 0.3 is 0 Å². The summed E-state index contributed by atoms with van der Waals surface area (Å²) in [7, 11) is 4.11. The van der Waals surface area contributed by atoms with Crippen molar-refractivity contribution in [2.45, 2.75) is 19.3 Å². The average molecular weight is 202 g/mol. The first-order chi connectivity index (χ1) is 6.66. The summed E-state index contributed by atoms with van der Waals surface area (Å²) < 4.78 is 0. The summed E-state index contributed by atoms with van der Waals surface area (Å²) in [6, 6.07) is 0. The predicted molar refractivity (Wildman–Crippen MR) is 58.7 cm³/mol. The van der Waals surface area contributed by atoms with E-state index < -0.39 is 0 Å². The fourth-order valence-electron chi connectivity index (χ4n) is 1.03. The lowest BCUT2D eigenvalue weighted by atomic mass is 10.2. The molecule has 0 unspecified atom stereocenters. The van der Waals surface area contributed by atoms with Crippen molar-refractivity contribution in [1.29, 1.82) is 0 Å². The average Bonchev–Trinajstić information content (AvgIpc) is 2.15. The molecule has 0 atom stereocenters. The van der Waals surface area contributed by atoms with Crippen molar-refractivity contribution < 1.29 is 5.21 Å². The standard InChI is InChI=1S/C9H22N4O/c1-13(2)8-7-11-6-4-3-5-9(10)12-14/h11,14H,3-8H2,1-2H3,(H2,10,12). The monoisotopic (exact) mass is 202 g/mol. The van der Waals surface area contributed by atoms with Crippen molar-refractivity contribution in [2.75, 3.05) is 33.7 Å². The Balaban J connectivity index is 3.07. The molecular formula is C9H22N4O. The fraction of sp³-hybridized carbons (Fsp3) is 0.889. The van der Waals surface area contributed by atoms with Gasteiger partial charge < -0.3 is 21.2 Å². The van der Waals surface area contributed by atoms with Crippen molar-refractivity contribution in [1.82, 2.24) is 10.2 Å². The lowest BCUT2D eigenvalue weighted by Gasteiger charge is -2.09. The first kappa shape index (κ1) is 13.2. The summed E-state index contributed by atoms with van der Waals surface area (Å²) in [6.45, 7) is 3.06. The van der Waals surface area contributed by atoms with Crippen LogP contribution in [0.5, 0.6) is 0 Å². The molecule has 5 heteroatoms. The highest BCUT2D eigenvalue weighted by molar-refractivity contribution is 5.79. The quantitative estimate of drug-likeness (QED) is 0.171. The van der Waals surface area contributed by atoms with Gasteiger partial charge in [-0.2, -0.15) is 0 Å². The molecule has 0 fully saturated rings. The first-order valence-electron chi connectivity index (χ1n) is 4.98. The predicted octanol–water partition coefficient (Wildman–Crippen LogP) is 0.0543. The summed E-state index contributed by atoms with van der Waals surface area (Å²) in [6.07, 6.45) is 2.69. The topological polar surface area (TPSA) is 73.9 Å². The molecule has 0 aromatic heterocycles. The molecule has 0 saturated heterocycles. The Morgan fingerprint density at radius 3 is 2.64 bits per heavy atom. The maximum atomic E-state index is 8.28. The lowest BCUT2D eigenvalue weighted by Crippen LogP contribution is -2.27. The molecule has 0 amide bonds. The van der Waals surface area contributed by atoms with Crippen molar-refractivity contribution >= 4 is 5.84 Å². The number of amidine groups is 1. The van der Waals surface area contributed by atoms with E-state index in [0.29, 0.717) is 12.3 Å². The zero-order valence-corrected chi connectivity index (χ0v) is 9.16. The van der Waals surface area contributed by atoms with Crippen LogP contribution in [0.15, 0.2) is 5.16 Å². The summed E-state index contributed by atoms with van der Waals surface area (Å²) in [5.74, 6) is 0.318. The Kier molecular flexibility index (Phi) is 8.27. The molecule has 0 heterocycles. The molecule has 0 aromatic rings. The van der Waals surface area contributed by atoms with Crippen LogP contribution in [0, 0.1) is 0 Å². The van der Waals surface area contributed by atoms with Crippen LogP contribution >= 0.6 is 0 Å². The highest BCUT2D eigenvalue weighted by atomic mass is 16.4. The highest BCUT2D eigenvalue weighted by Gasteiger charge is 1.94. The molecule has 0 aliphatic carbocycles. The second-order valence-corrected chi connectivity index (χ2v) is 3.60. The molecule has 0 aliphatic heterocycles. The zero-order valence-electron chi connectivity index (χ0n) is 9.16. The third-order valence-electron chi connectivity index (χ3n) is 1.90. The maximum Gasteiger partial charge on any atom is 0.139 e. The van der Waals surface area contributed by atoms with E-state index in [4.69, 9.17) is 10.9 Å². The molecule has 0 aromatic carbocycles. The minimum absolute atomic E-state index is 0.318. The van der Waals surface area contributed by atoms with Crippen LogP contribution in [-0.2, 0) is 0 Å². The van der Waals surface area contributed by atoms with Crippen LogP contribution in [0.2, 0.25) is 0 Å². The number of rotatable bonds is 8. The second kappa shape index (κ2) is 8.77. The Morgan fingerprint density at radius 2 is 2.07 bits per heavy atom.